The lowest BCUT2D eigenvalue weighted by Gasteiger charge is -2.49. The van der Waals surface area contributed by atoms with E-state index in [4.69, 9.17) is 0 Å². The largest absolute Gasteiger partial charge is 0.394 e. The maximum absolute atomic E-state index is 14.4. The molecule has 44 heavy (non-hydrogen) atoms. The number of carbonyl (C=O) groups is 5. The highest BCUT2D eigenvalue weighted by Gasteiger charge is 2.77. The minimum Gasteiger partial charge on any atom is -0.394 e. The van der Waals surface area contributed by atoms with Crippen LogP contribution in [0.2, 0.25) is 0 Å². The Hall–Kier alpha value is -4.97. The monoisotopic (exact) mass is 596 g/mol. The van der Waals surface area contributed by atoms with Crippen molar-refractivity contribution in [2.45, 2.75) is 22.9 Å². The summed E-state index contributed by atoms with van der Waals surface area (Å²) in [6.07, 6.45) is -2.79. The van der Waals surface area contributed by atoms with Gasteiger partial charge in [0, 0.05) is 22.3 Å². The molecule has 0 amide bonds. The summed E-state index contributed by atoms with van der Waals surface area (Å²) in [7, 11) is 0. The summed E-state index contributed by atoms with van der Waals surface area (Å²) in [6, 6.07) is 25.5. The van der Waals surface area contributed by atoms with Crippen molar-refractivity contribution in [2.75, 3.05) is 6.61 Å². The summed E-state index contributed by atoms with van der Waals surface area (Å²) < 4.78 is 0. The molecular formula is C34H28O10. The van der Waals surface area contributed by atoms with Crippen LogP contribution in [-0.2, 0) is 4.79 Å². The Kier molecular flexibility index (Phi) is 9.24. The SMILES string of the molecule is O=C(C(=O)[C@](O)(C(=O)c1ccccc1)[C@](O)(C(=O)c1ccccc1)[C@@](O)(C(=O)c1ccccc1)[C@H](O)CO)c1ccccc1. The van der Waals surface area contributed by atoms with Crippen molar-refractivity contribution >= 4 is 28.9 Å². The molecule has 0 aliphatic rings. The van der Waals surface area contributed by atoms with Crippen molar-refractivity contribution in [1.82, 2.24) is 0 Å². The predicted octanol–water partition coefficient (Wildman–Crippen LogP) is 1.63. The second-order valence-corrected chi connectivity index (χ2v) is 10.00. The molecule has 224 valence electrons. The van der Waals surface area contributed by atoms with Gasteiger partial charge in [-0.05, 0) is 0 Å². The Morgan fingerprint density at radius 2 is 0.864 bits per heavy atom. The van der Waals surface area contributed by atoms with E-state index in [1.807, 2.05) is 0 Å². The molecule has 0 spiro atoms. The Labute approximate surface area is 251 Å². The molecule has 0 aliphatic heterocycles. The van der Waals surface area contributed by atoms with E-state index in [1.54, 1.807) is 0 Å². The topological polar surface area (TPSA) is 186 Å². The van der Waals surface area contributed by atoms with Gasteiger partial charge >= 0.3 is 0 Å². The van der Waals surface area contributed by atoms with Crippen LogP contribution in [0.1, 0.15) is 41.4 Å². The fourth-order valence-corrected chi connectivity index (χ4v) is 5.03. The van der Waals surface area contributed by atoms with E-state index < -0.39 is 75.1 Å². The van der Waals surface area contributed by atoms with Gasteiger partial charge in [-0.15, -0.1) is 0 Å². The van der Waals surface area contributed by atoms with Crippen LogP contribution in [0.5, 0.6) is 0 Å². The van der Waals surface area contributed by atoms with E-state index in [9.17, 15) is 49.5 Å². The lowest BCUT2D eigenvalue weighted by molar-refractivity contribution is -0.212. The first-order valence-corrected chi connectivity index (χ1v) is 13.4. The maximum atomic E-state index is 14.4. The van der Waals surface area contributed by atoms with Crippen molar-refractivity contribution in [2.24, 2.45) is 0 Å². The highest BCUT2D eigenvalue weighted by molar-refractivity contribution is 6.52. The lowest BCUT2D eigenvalue weighted by Crippen LogP contribution is -2.82. The molecule has 4 aromatic rings. The van der Waals surface area contributed by atoms with Gasteiger partial charge in [0.1, 0.15) is 6.10 Å². The summed E-state index contributed by atoms with van der Waals surface area (Å²) in [4.78, 5) is 70.4. The number of rotatable bonds is 13. The average Bonchev–Trinajstić information content (AvgIpc) is 3.09. The third-order valence-electron chi connectivity index (χ3n) is 7.41. The molecule has 10 nitrogen and oxygen atoms in total. The molecule has 4 aromatic carbocycles. The first-order valence-electron chi connectivity index (χ1n) is 13.4. The number of hydrogen-bond donors (Lipinski definition) is 5. The number of aliphatic hydroxyl groups excluding tert-OH is 2. The smallest absolute Gasteiger partial charge is 0.246 e. The predicted molar refractivity (Wildman–Crippen MR) is 156 cm³/mol. The standard InChI is InChI=1S/C34H28O10/c35-21-26(36)32(42,28(38)23-15-7-2-8-16-23)34(44,30(40)25-19-11-4-12-20-25)33(43,29(39)24-17-9-3-10-18-24)31(41)27(37)22-13-5-1-6-14-22/h1-20,26,35-36,42-44H,21H2/t26-,32+,33-,34+/m1/s1. The van der Waals surface area contributed by atoms with Gasteiger partial charge in [-0.3, -0.25) is 24.0 Å². The van der Waals surface area contributed by atoms with Crippen LogP contribution in [-0.4, -0.2) is 84.0 Å². The first-order chi connectivity index (χ1) is 21.0. The zero-order chi connectivity index (χ0) is 32.1. The molecular weight excluding hydrogens is 568 g/mol. The number of Topliss-reactive ketones (excluding diaryl/α,β-unsaturated/α-hetero) is 5. The number of carbonyl (C=O) groups excluding carboxylic acids is 5. The fraction of sp³-hybridized carbons (Fsp3) is 0.147. The molecule has 0 fully saturated rings. The van der Waals surface area contributed by atoms with E-state index >= 15 is 0 Å². The second kappa shape index (κ2) is 12.7. The van der Waals surface area contributed by atoms with E-state index in [2.05, 4.69) is 0 Å². The highest BCUT2D eigenvalue weighted by atomic mass is 16.4. The van der Waals surface area contributed by atoms with Gasteiger partial charge in [0.05, 0.1) is 6.61 Å². The molecule has 0 saturated heterocycles. The molecule has 5 N–H and O–H groups in total. The molecule has 4 rings (SSSR count). The van der Waals surface area contributed by atoms with Gasteiger partial charge in [0.25, 0.3) is 0 Å². The first kappa shape index (κ1) is 32.0. The summed E-state index contributed by atoms with van der Waals surface area (Å²) in [5.74, 6) is -8.83. The van der Waals surface area contributed by atoms with Gasteiger partial charge in [0.2, 0.25) is 40.1 Å². The van der Waals surface area contributed by atoms with Crippen LogP contribution in [0.25, 0.3) is 0 Å². The minimum absolute atomic E-state index is 0.369. The lowest BCUT2D eigenvalue weighted by atomic mass is 9.58. The summed E-state index contributed by atoms with van der Waals surface area (Å²) in [5.41, 5.74) is -14.4. The van der Waals surface area contributed by atoms with Crippen LogP contribution in [0.3, 0.4) is 0 Å². The van der Waals surface area contributed by atoms with Gasteiger partial charge < -0.3 is 25.5 Å². The van der Waals surface area contributed by atoms with Gasteiger partial charge in [-0.25, -0.2) is 0 Å². The fourth-order valence-electron chi connectivity index (χ4n) is 5.03. The molecule has 0 radical (unpaired) electrons. The van der Waals surface area contributed by atoms with Crippen molar-refractivity contribution in [1.29, 1.82) is 0 Å². The van der Waals surface area contributed by atoms with Crippen molar-refractivity contribution < 1.29 is 49.5 Å². The maximum Gasteiger partial charge on any atom is 0.246 e. The third kappa shape index (κ3) is 5.11. The molecule has 0 aliphatic carbocycles. The minimum atomic E-state index is -4.33. The number of ketones is 5. The second-order valence-electron chi connectivity index (χ2n) is 10.00. The van der Waals surface area contributed by atoms with E-state index in [-0.39, 0.29) is 5.56 Å². The normalized spacial score (nSPS) is 15.9. The zero-order valence-electron chi connectivity index (χ0n) is 23.1. The van der Waals surface area contributed by atoms with Crippen molar-refractivity contribution in [3.05, 3.63) is 144 Å². The Morgan fingerprint density at radius 3 is 1.25 bits per heavy atom. The van der Waals surface area contributed by atoms with Crippen LogP contribution in [0.4, 0.5) is 0 Å². The Morgan fingerprint density at radius 1 is 0.523 bits per heavy atom. The van der Waals surface area contributed by atoms with Crippen molar-refractivity contribution in [3.63, 3.8) is 0 Å². The molecule has 0 heterocycles. The third-order valence-corrected chi connectivity index (χ3v) is 7.41. The highest BCUT2D eigenvalue weighted by Crippen LogP contribution is 2.43. The molecule has 10 heteroatoms. The summed E-state index contributed by atoms with van der Waals surface area (Å²) in [6.45, 7) is -1.50. The summed E-state index contributed by atoms with van der Waals surface area (Å²) >= 11 is 0. The van der Waals surface area contributed by atoms with E-state index in [1.165, 1.54) is 72.8 Å². The Balaban J connectivity index is 2.15. The van der Waals surface area contributed by atoms with Crippen LogP contribution in [0, 0.1) is 0 Å². The van der Waals surface area contributed by atoms with Gasteiger partial charge in [-0.2, -0.15) is 0 Å². The average molecular weight is 597 g/mol. The molecule has 0 bridgehead atoms. The number of hydrogen-bond acceptors (Lipinski definition) is 10. The summed E-state index contributed by atoms with van der Waals surface area (Å²) in [5, 5.41) is 58.2. The van der Waals surface area contributed by atoms with Crippen LogP contribution < -0.4 is 0 Å². The van der Waals surface area contributed by atoms with Crippen molar-refractivity contribution in [3.8, 4) is 0 Å². The van der Waals surface area contributed by atoms with Gasteiger partial charge in [0.15, 0.2) is 5.60 Å². The molecule has 4 atom stereocenters. The quantitative estimate of drug-likeness (QED) is 0.0863. The molecule has 0 aromatic heterocycles. The van der Waals surface area contributed by atoms with Gasteiger partial charge in [-0.1, -0.05) is 121 Å². The van der Waals surface area contributed by atoms with Crippen LogP contribution >= 0.6 is 0 Å². The number of aliphatic hydroxyl groups is 5. The van der Waals surface area contributed by atoms with E-state index in [0.29, 0.717) is 0 Å². The Bertz CT molecular complexity index is 1670. The zero-order valence-corrected chi connectivity index (χ0v) is 23.1. The van der Waals surface area contributed by atoms with Crippen LogP contribution in [0.15, 0.2) is 121 Å². The molecule has 0 unspecified atom stereocenters. The number of benzene rings is 4. The molecule has 0 saturated carbocycles. The van der Waals surface area contributed by atoms with E-state index in [0.717, 1.165) is 48.5 Å².